The number of aromatic nitrogens is 1. The van der Waals surface area contributed by atoms with Crippen molar-refractivity contribution < 1.29 is 32.3 Å². The largest absolute Gasteiger partial charge is 0.416 e. The fraction of sp³-hybridized carbons (Fsp3) is 0.333. The number of hydrogen-bond acceptors (Lipinski definition) is 5. The summed E-state index contributed by atoms with van der Waals surface area (Å²) in [6.45, 7) is 0.469. The van der Waals surface area contributed by atoms with Crippen LogP contribution in [0.1, 0.15) is 46.7 Å². The van der Waals surface area contributed by atoms with Crippen molar-refractivity contribution in [2.24, 2.45) is 0 Å². The Hall–Kier alpha value is -3.28. The highest BCUT2D eigenvalue weighted by Gasteiger charge is 2.32. The van der Waals surface area contributed by atoms with E-state index in [2.05, 4.69) is 5.32 Å². The number of nitrogens with zero attached hydrogens (tertiary/aromatic N) is 2. The number of rotatable bonds is 8. The topological polar surface area (TPSA) is 83.8 Å². The van der Waals surface area contributed by atoms with Gasteiger partial charge in [0.15, 0.2) is 0 Å². The third-order valence-corrected chi connectivity index (χ3v) is 7.23. The molecule has 3 aromatic rings. The lowest BCUT2D eigenvalue weighted by Gasteiger charge is -2.33. The molecule has 1 fully saturated rings. The number of hydrogen-bond donors (Lipinski definition) is 2. The number of anilines is 2. The summed E-state index contributed by atoms with van der Waals surface area (Å²) in [7, 11) is 0. The molecule has 1 aliphatic heterocycles. The normalized spacial score (nSPS) is 14.3. The van der Waals surface area contributed by atoms with Crippen molar-refractivity contribution >= 4 is 40.5 Å². The molecule has 0 saturated carbocycles. The summed E-state index contributed by atoms with van der Waals surface area (Å²) in [6, 6.07) is 8.81. The van der Waals surface area contributed by atoms with Crippen LogP contribution in [0.2, 0.25) is 10.0 Å². The summed E-state index contributed by atoms with van der Waals surface area (Å²) < 4.78 is 53.4. The summed E-state index contributed by atoms with van der Waals surface area (Å²) in [5.41, 5.74) is -1.04. The first-order valence-corrected chi connectivity index (χ1v) is 13.1. The molecule has 0 bridgehead atoms. The number of amides is 1. The number of halogens is 6. The van der Waals surface area contributed by atoms with Gasteiger partial charge < -0.3 is 20.2 Å². The summed E-state index contributed by atoms with van der Waals surface area (Å²) in [5.74, 6) is -0.713. The van der Waals surface area contributed by atoms with Gasteiger partial charge in [-0.1, -0.05) is 35.3 Å². The predicted molar refractivity (Wildman–Crippen MR) is 143 cm³/mol. The van der Waals surface area contributed by atoms with Gasteiger partial charge in [-0.25, -0.2) is 4.39 Å². The fourth-order valence-electron chi connectivity index (χ4n) is 4.42. The van der Waals surface area contributed by atoms with Crippen molar-refractivity contribution in [1.29, 1.82) is 0 Å². The Morgan fingerprint density at radius 3 is 2.38 bits per heavy atom. The summed E-state index contributed by atoms with van der Waals surface area (Å²) in [4.78, 5) is 33.5. The van der Waals surface area contributed by atoms with Crippen molar-refractivity contribution in [3.63, 3.8) is 0 Å². The van der Waals surface area contributed by atoms with E-state index >= 15 is 0 Å². The molecule has 1 saturated heterocycles. The number of carbonyl (C=O) groups excluding carboxylic acids is 1. The van der Waals surface area contributed by atoms with Gasteiger partial charge in [0.25, 0.3) is 5.91 Å². The number of carbonyl (C=O) groups is 1. The first-order valence-electron chi connectivity index (χ1n) is 12.4. The second-order valence-corrected chi connectivity index (χ2v) is 9.99. The van der Waals surface area contributed by atoms with Crippen LogP contribution in [0.5, 0.6) is 0 Å². The molecule has 1 aliphatic rings. The lowest BCUT2D eigenvalue weighted by molar-refractivity contribution is -0.137. The molecule has 1 aromatic heterocycles. The molecule has 214 valence electrons. The van der Waals surface area contributed by atoms with E-state index in [1.807, 2.05) is 0 Å². The van der Waals surface area contributed by atoms with Crippen LogP contribution in [0.4, 0.5) is 28.9 Å². The van der Waals surface area contributed by atoms with E-state index in [1.165, 1.54) is 12.1 Å². The van der Waals surface area contributed by atoms with Crippen molar-refractivity contribution in [2.75, 3.05) is 31.6 Å². The molecule has 2 aromatic carbocycles. The standard InChI is InChI=1S/C27H25Cl2F4N3O4/c28-21-14-18(27(31,32)33)4-7-22(21)34-24-20(15-36(26(39)23(24)29)40-13-1-12-37)25(38)35-10-8-17(9-11-35)16-2-5-19(30)6-3-16/h2-7,14-15,17,34,37H,1,8-13H2. The lowest BCUT2D eigenvalue weighted by Crippen LogP contribution is -2.39. The van der Waals surface area contributed by atoms with E-state index in [4.69, 9.17) is 33.1 Å². The molecular weight excluding hydrogens is 577 g/mol. The molecule has 7 nitrogen and oxygen atoms in total. The number of aliphatic hydroxyl groups is 1. The highest BCUT2D eigenvalue weighted by Crippen LogP contribution is 2.37. The van der Waals surface area contributed by atoms with Crippen molar-refractivity contribution in [1.82, 2.24) is 9.63 Å². The fourth-order valence-corrected chi connectivity index (χ4v) is 4.88. The number of benzene rings is 2. The number of likely N-dealkylation sites (tertiary alicyclic amines) is 1. The number of pyridine rings is 1. The monoisotopic (exact) mass is 601 g/mol. The van der Waals surface area contributed by atoms with E-state index in [1.54, 1.807) is 17.0 Å². The minimum atomic E-state index is -4.62. The van der Waals surface area contributed by atoms with E-state index < -0.39 is 28.2 Å². The maximum absolute atomic E-state index is 13.7. The molecule has 4 rings (SSSR count). The zero-order valence-corrected chi connectivity index (χ0v) is 22.5. The Bertz CT molecular complexity index is 1420. The lowest BCUT2D eigenvalue weighted by atomic mass is 9.89. The first kappa shape index (κ1) is 29.7. The van der Waals surface area contributed by atoms with Crippen LogP contribution in [0.3, 0.4) is 0 Å². The number of piperidine rings is 1. The molecule has 1 amide bonds. The minimum Gasteiger partial charge on any atom is -0.411 e. The van der Waals surface area contributed by atoms with Crippen molar-refractivity contribution in [3.05, 3.63) is 91.6 Å². The van der Waals surface area contributed by atoms with E-state index in [-0.39, 0.29) is 53.3 Å². The molecule has 40 heavy (non-hydrogen) atoms. The Morgan fingerprint density at radius 2 is 1.77 bits per heavy atom. The van der Waals surface area contributed by atoms with Gasteiger partial charge >= 0.3 is 11.7 Å². The SMILES string of the molecule is O=C(c1cn(OCCCO)c(=O)c(Cl)c1Nc1ccc(C(F)(F)F)cc1Cl)N1CCC(c2ccc(F)cc2)CC1. The highest BCUT2D eigenvalue weighted by molar-refractivity contribution is 6.35. The third kappa shape index (κ3) is 6.71. The molecule has 0 atom stereocenters. The Kier molecular flexibility index (Phi) is 9.27. The third-order valence-electron chi connectivity index (χ3n) is 6.57. The van der Waals surface area contributed by atoms with Gasteiger partial charge in [0.05, 0.1) is 33.7 Å². The van der Waals surface area contributed by atoms with Crippen LogP contribution in [0, 0.1) is 5.82 Å². The zero-order chi connectivity index (χ0) is 29.0. The smallest absolute Gasteiger partial charge is 0.411 e. The number of aliphatic hydroxyl groups excluding tert-OH is 1. The average molecular weight is 602 g/mol. The number of alkyl halides is 3. The maximum atomic E-state index is 13.7. The van der Waals surface area contributed by atoms with Crippen molar-refractivity contribution in [3.8, 4) is 0 Å². The van der Waals surface area contributed by atoms with Crippen LogP contribution in [0.25, 0.3) is 0 Å². The molecule has 2 N–H and O–H groups in total. The Labute approximate surface area is 236 Å². The van der Waals surface area contributed by atoms with Gasteiger partial charge in [0, 0.05) is 26.1 Å². The average Bonchev–Trinajstić information content (AvgIpc) is 2.93. The van der Waals surface area contributed by atoms with Crippen LogP contribution in [0.15, 0.2) is 53.5 Å². The summed E-state index contributed by atoms with van der Waals surface area (Å²) >= 11 is 12.5. The second kappa shape index (κ2) is 12.5. The predicted octanol–water partition coefficient (Wildman–Crippen LogP) is 5.89. The second-order valence-electron chi connectivity index (χ2n) is 9.21. The zero-order valence-electron chi connectivity index (χ0n) is 21.0. The van der Waals surface area contributed by atoms with Gasteiger partial charge in [0.1, 0.15) is 17.4 Å². The van der Waals surface area contributed by atoms with Gasteiger partial charge in [-0.2, -0.15) is 17.9 Å². The van der Waals surface area contributed by atoms with Gasteiger partial charge in [-0.3, -0.25) is 9.59 Å². The molecule has 0 spiro atoms. The molecule has 0 aliphatic carbocycles. The van der Waals surface area contributed by atoms with Crippen LogP contribution < -0.4 is 15.7 Å². The molecule has 0 unspecified atom stereocenters. The number of nitrogens with one attached hydrogen (secondary N) is 1. The quantitative estimate of drug-likeness (QED) is 0.248. The maximum Gasteiger partial charge on any atom is 0.416 e. The highest BCUT2D eigenvalue weighted by atomic mass is 35.5. The molecule has 2 heterocycles. The van der Waals surface area contributed by atoms with Crippen LogP contribution in [-0.4, -0.2) is 46.9 Å². The molecule has 0 radical (unpaired) electrons. The van der Waals surface area contributed by atoms with Gasteiger partial charge in [0.2, 0.25) is 0 Å². The van der Waals surface area contributed by atoms with Crippen molar-refractivity contribution in [2.45, 2.75) is 31.4 Å². The Morgan fingerprint density at radius 1 is 1.10 bits per heavy atom. The minimum absolute atomic E-state index is 0.000941. The summed E-state index contributed by atoms with van der Waals surface area (Å²) in [6.07, 6.45) is -2.05. The molecule has 13 heteroatoms. The van der Waals surface area contributed by atoms with E-state index in [9.17, 15) is 27.2 Å². The summed E-state index contributed by atoms with van der Waals surface area (Å²) in [5, 5.41) is 11.1. The van der Waals surface area contributed by atoms with E-state index in [0.717, 1.165) is 34.7 Å². The van der Waals surface area contributed by atoms with Crippen LogP contribution in [-0.2, 0) is 6.18 Å². The first-order chi connectivity index (χ1) is 19.0. The van der Waals surface area contributed by atoms with Crippen LogP contribution >= 0.6 is 23.2 Å². The Balaban J connectivity index is 1.65. The molecular formula is C27H25Cl2F4N3O4. The van der Waals surface area contributed by atoms with Gasteiger partial charge in [-0.05, 0) is 54.7 Å². The van der Waals surface area contributed by atoms with E-state index in [0.29, 0.717) is 25.9 Å². The van der Waals surface area contributed by atoms with Gasteiger partial charge in [-0.15, -0.1) is 0 Å².